The minimum absolute atomic E-state index is 0.175. The van der Waals surface area contributed by atoms with Crippen molar-refractivity contribution in [2.75, 3.05) is 18.5 Å². The molecule has 16 heavy (non-hydrogen) atoms. The Labute approximate surface area is 94.6 Å². The largest absolute Gasteiger partial charge is 0.464 e. The maximum Gasteiger partial charge on any atom is 0.139 e. The van der Waals surface area contributed by atoms with E-state index in [-0.39, 0.29) is 6.10 Å². The van der Waals surface area contributed by atoms with E-state index in [0.29, 0.717) is 0 Å². The van der Waals surface area contributed by atoms with Crippen LogP contribution in [0.4, 0.5) is 5.82 Å². The number of pyridine rings is 1. The van der Waals surface area contributed by atoms with Gasteiger partial charge in [-0.3, -0.25) is 0 Å². The Bertz CT molecular complexity index is 453. The van der Waals surface area contributed by atoms with Crippen LogP contribution < -0.4 is 5.32 Å². The molecule has 1 atom stereocenters. The smallest absolute Gasteiger partial charge is 0.139 e. The Morgan fingerprint density at radius 2 is 2.38 bits per heavy atom. The standard InChI is InChI=1S/C12H16N2O2/c1-3-15-9(2)8-14-12-10-5-7-16-11(10)4-6-13-12/h4-7,9H,3,8H2,1-2H3,(H,13,14). The number of ether oxygens (including phenoxy) is 1. The van der Waals surface area contributed by atoms with E-state index in [1.54, 1.807) is 12.5 Å². The molecule has 0 bridgehead atoms. The Morgan fingerprint density at radius 3 is 3.19 bits per heavy atom. The molecular formula is C12H16N2O2. The van der Waals surface area contributed by atoms with Crippen molar-refractivity contribution in [1.29, 1.82) is 0 Å². The Kier molecular flexibility index (Phi) is 3.41. The van der Waals surface area contributed by atoms with Crippen molar-refractivity contribution in [2.45, 2.75) is 20.0 Å². The van der Waals surface area contributed by atoms with Gasteiger partial charge in [0.2, 0.25) is 0 Å². The van der Waals surface area contributed by atoms with Gasteiger partial charge in [0.05, 0.1) is 17.8 Å². The molecule has 2 aromatic rings. The summed E-state index contributed by atoms with van der Waals surface area (Å²) in [4.78, 5) is 4.28. The fourth-order valence-corrected chi connectivity index (χ4v) is 1.62. The molecule has 0 saturated carbocycles. The normalized spacial score (nSPS) is 12.9. The van der Waals surface area contributed by atoms with Crippen molar-refractivity contribution >= 4 is 16.8 Å². The van der Waals surface area contributed by atoms with Crippen molar-refractivity contribution in [3.63, 3.8) is 0 Å². The van der Waals surface area contributed by atoms with Crippen LogP contribution in [-0.4, -0.2) is 24.2 Å². The zero-order valence-electron chi connectivity index (χ0n) is 9.56. The number of rotatable bonds is 5. The van der Waals surface area contributed by atoms with Crippen LogP contribution in [0.1, 0.15) is 13.8 Å². The summed E-state index contributed by atoms with van der Waals surface area (Å²) in [5, 5.41) is 4.27. The van der Waals surface area contributed by atoms with Gasteiger partial charge in [-0.05, 0) is 26.0 Å². The molecule has 0 aliphatic carbocycles. The number of aromatic nitrogens is 1. The summed E-state index contributed by atoms with van der Waals surface area (Å²) in [6.07, 6.45) is 3.58. The van der Waals surface area contributed by atoms with E-state index in [2.05, 4.69) is 10.3 Å². The van der Waals surface area contributed by atoms with Gasteiger partial charge in [-0.25, -0.2) is 4.98 Å². The van der Waals surface area contributed by atoms with E-state index in [9.17, 15) is 0 Å². The van der Waals surface area contributed by atoms with Gasteiger partial charge in [-0.15, -0.1) is 0 Å². The van der Waals surface area contributed by atoms with E-state index >= 15 is 0 Å². The van der Waals surface area contributed by atoms with Crippen LogP contribution in [0, 0.1) is 0 Å². The SMILES string of the molecule is CCOC(C)CNc1nccc2occc12. The van der Waals surface area contributed by atoms with Gasteiger partial charge in [0.25, 0.3) is 0 Å². The average Bonchev–Trinajstić information content (AvgIpc) is 2.75. The first-order valence-corrected chi connectivity index (χ1v) is 5.49. The maximum atomic E-state index is 5.44. The van der Waals surface area contributed by atoms with E-state index in [1.165, 1.54) is 0 Å². The zero-order valence-corrected chi connectivity index (χ0v) is 9.56. The van der Waals surface area contributed by atoms with Gasteiger partial charge >= 0.3 is 0 Å². The first-order valence-electron chi connectivity index (χ1n) is 5.49. The van der Waals surface area contributed by atoms with Gasteiger partial charge in [-0.2, -0.15) is 0 Å². The summed E-state index contributed by atoms with van der Waals surface area (Å²) < 4.78 is 10.7. The van der Waals surface area contributed by atoms with Gasteiger partial charge in [-0.1, -0.05) is 0 Å². The monoisotopic (exact) mass is 220 g/mol. The summed E-state index contributed by atoms with van der Waals surface area (Å²) in [5.41, 5.74) is 0.849. The third-order valence-electron chi connectivity index (χ3n) is 2.39. The number of furan rings is 1. The molecule has 0 fully saturated rings. The van der Waals surface area contributed by atoms with Crippen molar-refractivity contribution in [3.8, 4) is 0 Å². The van der Waals surface area contributed by atoms with Crippen molar-refractivity contribution in [3.05, 3.63) is 24.6 Å². The van der Waals surface area contributed by atoms with Gasteiger partial charge in [0, 0.05) is 19.3 Å². The fraction of sp³-hybridized carbons (Fsp3) is 0.417. The summed E-state index contributed by atoms with van der Waals surface area (Å²) >= 11 is 0. The van der Waals surface area contributed by atoms with Crippen LogP contribution in [0.3, 0.4) is 0 Å². The highest BCUT2D eigenvalue weighted by Gasteiger charge is 2.06. The summed E-state index contributed by atoms with van der Waals surface area (Å²) in [5.74, 6) is 0.845. The second kappa shape index (κ2) is 4.99. The second-order valence-electron chi connectivity index (χ2n) is 3.64. The molecule has 0 amide bonds. The first-order chi connectivity index (χ1) is 7.81. The maximum absolute atomic E-state index is 5.44. The fourth-order valence-electron chi connectivity index (χ4n) is 1.62. The molecule has 2 heterocycles. The molecule has 0 aliphatic heterocycles. The molecule has 0 aromatic carbocycles. The van der Waals surface area contributed by atoms with Crippen LogP contribution in [0.5, 0.6) is 0 Å². The third-order valence-corrected chi connectivity index (χ3v) is 2.39. The van der Waals surface area contributed by atoms with Crippen LogP contribution in [0.25, 0.3) is 11.0 Å². The quantitative estimate of drug-likeness (QED) is 0.841. The summed E-state index contributed by atoms with van der Waals surface area (Å²) in [6.45, 7) is 5.49. The van der Waals surface area contributed by atoms with Crippen molar-refractivity contribution in [2.24, 2.45) is 0 Å². The molecule has 0 spiro atoms. The molecular weight excluding hydrogens is 204 g/mol. The van der Waals surface area contributed by atoms with Crippen molar-refractivity contribution < 1.29 is 9.15 Å². The van der Waals surface area contributed by atoms with Crippen LogP contribution in [0.15, 0.2) is 29.0 Å². The first kappa shape index (κ1) is 11.0. The van der Waals surface area contributed by atoms with E-state index in [0.717, 1.165) is 29.9 Å². The molecule has 0 radical (unpaired) electrons. The minimum Gasteiger partial charge on any atom is -0.464 e. The van der Waals surface area contributed by atoms with E-state index < -0.39 is 0 Å². The van der Waals surface area contributed by atoms with Crippen LogP contribution in [0.2, 0.25) is 0 Å². The number of nitrogens with zero attached hydrogens (tertiary/aromatic N) is 1. The summed E-state index contributed by atoms with van der Waals surface area (Å²) in [7, 11) is 0. The van der Waals surface area contributed by atoms with Crippen molar-refractivity contribution in [1.82, 2.24) is 4.98 Å². The lowest BCUT2D eigenvalue weighted by Gasteiger charge is -2.13. The number of fused-ring (bicyclic) bond motifs is 1. The predicted octanol–water partition coefficient (Wildman–Crippen LogP) is 2.66. The Balaban J connectivity index is 2.06. The lowest BCUT2D eigenvalue weighted by Crippen LogP contribution is -2.20. The van der Waals surface area contributed by atoms with Crippen LogP contribution in [-0.2, 0) is 4.74 Å². The molecule has 86 valence electrons. The zero-order chi connectivity index (χ0) is 11.4. The third kappa shape index (κ3) is 2.33. The predicted molar refractivity (Wildman–Crippen MR) is 63.6 cm³/mol. The molecule has 4 nitrogen and oxygen atoms in total. The molecule has 0 saturated heterocycles. The molecule has 0 aliphatic rings. The van der Waals surface area contributed by atoms with E-state index in [1.807, 2.05) is 26.0 Å². The minimum atomic E-state index is 0.175. The Morgan fingerprint density at radius 1 is 1.50 bits per heavy atom. The molecule has 1 N–H and O–H groups in total. The number of nitrogens with one attached hydrogen (secondary N) is 1. The molecule has 2 rings (SSSR count). The topological polar surface area (TPSA) is 47.3 Å². The highest BCUT2D eigenvalue weighted by molar-refractivity contribution is 5.87. The number of anilines is 1. The summed E-state index contributed by atoms with van der Waals surface area (Å²) in [6, 6.07) is 3.77. The molecule has 2 aromatic heterocycles. The molecule has 1 unspecified atom stereocenters. The molecule has 4 heteroatoms. The number of hydrogen-bond acceptors (Lipinski definition) is 4. The Hall–Kier alpha value is -1.55. The highest BCUT2D eigenvalue weighted by atomic mass is 16.5. The van der Waals surface area contributed by atoms with Crippen LogP contribution >= 0.6 is 0 Å². The van der Waals surface area contributed by atoms with Gasteiger partial charge in [0.15, 0.2) is 0 Å². The lowest BCUT2D eigenvalue weighted by atomic mass is 10.3. The van der Waals surface area contributed by atoms with Gasteiger partial charge in [0.1, 0.15) is 11.4 Å². The highest BCUT2D eigenvalue weighted by Crippen LogP contribution is 2.21. The van der Waals surface area contributed by atoms with Gasteiger partial charge < -0.3 is 14.5 Å². The lowest BCUT2D eigenvalue weighted by molar-refractivity contribution is 0.0855. The van der Waals surface area contributed by atoms with E-state index in [4.69, 9.17) is 9.15 Å². The second-order valence-corrected chi connectivity index (χ2v) is 3.64. The number of hydrogen-bond donors (Lipinski definition) is 1. The average molecular weight is 220 g/mol.